The van der Waals surface area contributed by atoms with E-state index in [0.29, 0.717) is 19.5 Å². The van der Waals surface area contributed by atoms with Crippen molar-refractivity contribution in [1.82, 2.24) is 15.6 Å². The first-order valence-electron chi connectivity index (χ1n) is 5.10. The molecule has 1 aliphatic heterocycles. The van der Waals surface area contributed by atoms with Crippen LogP contribution in [0.4, 0.5) is 0 Å². The van der Waals surface area contributed by atoms with Gasteiger partial charge in [0.2, 0.25) is 11.8 Å². The molecule has 1 aliphatic rings. The van der Waals surface area contributed by atoms with Crippen LogP contribution in [0.25, 0.3) is 0 Å². The molecule has 0 aromatic carbocycles. The number of carbonyl (C=O) groups is 2. The Morgan fingerprint density at radius 2 is 2.56 bits per heavy atom. The number of hydrogen-bond donors (Lipinski definition) is 2. The van der Waals surface area contributed by atoms with Crippen LogP contribution in [0, 0.1) is 12.8 Å². The molecule has 0 spiro atoms. The second-order valence-corrected chi connectivity index (χ2v) is 4.72. The Labute approximate surface area is 97.3 Å². The summed E-state index contributed by atoms with van der Waals surface area (Å²) in [6.45, 7) is 2.87. The molecule has 0 aliphatic carbocycles. The number of aryl methyl sites for hydroxylation is 1. The molecule has 1 atom stereocenters. The monoisotopic (exact) mass is 239 g/mol. The zero-order valence-electron chi connectivity index (χ0n) is 8.95. The van der Waals surface area contributed by atoms with Gasteiger partial charge in [-0.2, -0.15) is 0 Å². The maximum atomic E-state index is 11.7. The van der Waals surface area contributed by atoms with Gasteiger partial charge in [-0.1, -0.05) is 0 Å². The van der Waals surface area contributed by atoms with Crippen LogP contribution in [-0.4, -0.2) is 23.3 Å². The van der Waals surface area contributed by atoms with Gasteiger partial charge < -0.3 is 10.6 Å². The van der Waals surface area contributed by atoms with Gasteiger partial charge >= 0.3 is 0 Å². The summed E-state index contributed by atoms with van der Waals surface area (Å²) in [7, 11) is 0. The first kappa shape index (κ1) is 11.1. The summed E-state index contributed by atoms with van der Waals surface area (Å²) in [4.78, 5) is 27.8. The van der Waals surface area contributed by atoms with Crippen LogP contribution in [-0.2, 0) is 16.1 Å². The third-order valence-corrected chi connectivity index (χ3v) is 3.55. The first-order valence-corrected chi connectivity index (χ1v) is 5.98. The van der Waals surface area contributed by atoms with Crippen molar-refractivity contribution < 1.29 is 9.59 Å². The summed E-state index contributed by atoms with van der Waals surface area (Å²) in [6, 6.07) is 0. The van der Waals surface area contributed by atoms with Crippen LogP contribution in [0.3, 0.4) is 0 Å². The number of nitrogens with one attached hydrogen (secondary N) is 2. The number of carbonyl (C=O) groups excluding carboxylic acids is 2. The van der Waals surface area contributed by atoms with Crippen molar-refractivity contribution in [2.75, 3.05) is 6.54 Å². The topological polar surface area (TPSA) is 71.1 Å². The predicted octanol–water partition coefficient (Wildman–Crippen LogP) is 0.204. The number of aromatic nitrogens is 1. The fourth-order valence-corrected chi connectivity index (χ4v) is 2.31. The predicted molar refractivity (Wildman–Crippen MR) is 59.8 cm³/mol. The molecule has 1 aromatic heterocycles. The summed E-state index contributed by atoms with van der Waals surface area (Å²) < 4.78 is 0. The zero-order chi connectivity index (χ0) is 11.5. The Bertz CT molecular complexity index is 416. The molecule has 1 aromatic rings. The van der Waals surface area contributed by atoms with Crippen molar-refractivity contribution in [3.8, 4) is 0 Å². The molecular formula is C10H13N3O2S. The summed E-state index contributed by atoms with van der Waals surface area (Å²) in [5.41, 5.74) is 2.71. The Balaban J connectivity index is 1.84. The largest absolute Gasteiger partial charge is 0.355 e. The lowest BCUT2D eigenvalue weighted by atomic mass is 10.1. The lowest BCUT2D eigenvalue weighted by Gasteiger charge is -2.08. The standard InChI is InChI=1S/C10H13N3O2S/c1-6-8(16-5-13-6)4-12-10(15)7-2-9(14)11-3-7/h5,7H,2-4H2,1H3,(H,11,14)(H,12,15). The molecule has 86 valence electrons. The minimum atomic E-state index is -0.222. The highest BCUT2D eigenvalue weighted by Crippen LogP contribution is 2.13. The van der Waals surface area contributed by atoms with E-state index in [9.17, 15) is 9.59 Å². The highest BCUT2D eigenvalue weighted by atomic mass is 32.1. The van der Waals surface area contributed by atoms with E-state index in [2.05, 4.69) is 15.6 Å². The van der Waals surface area contributed by atoms with E-state index in [1.165, 1.54) is 11.3 Å². The maximum Gasteiger partial charge on any atom is 0.225 e. The number of amides is 2. The summed E-state index contributed by atoms with van der Waals surface area (Å²) in [5, 5.41) is 5.47. The average Bonchev–Trinajstić information content (AvgIpc) is 2.84. The zero-order valence-corrected chi connectivity index (χ0v) is 9.76. The summed E-state index contributed by atoms with van der Waals surface area (Å²) in [5.74, 6) is -0.332. The molecule has 2 amide bonds. The van der Waals surface area contributed by atoms with Crippen molar-refractivity contribution in [1.29, 1.82) is 0 Å². The molecule has 6 heteroatoms. The number of thiazole rings is 1. The molecule has 0 radical (unpaired) electrons. The molecule has 2 rings (SSSR count). The number of rotatable bonds is 3. The van der Waals surface area contributed by atoms with Gasteiger partial charge in [0.05, 0.1) is 23.7 Å². The Kier molecular flexibility index (Phi) is 3.19. The Morgan fingerprint density at radius 1 is 1.75 bits per heavy atom. The van der Waals surface area contributed by atoms with Crippen molar-refractivity contribution in [2.45, 2.75) is 19.9 Å². The molecule has 2 heterocycles. The van der Waals surface area contributed by atoms with Crippen molar-refractivity contribution >= 4 is 23.2 Å². The molecule has 2 N–H and O–H groups in total. The molecule has 1 unspecified atom stereocenters. The van der Waals surface area contributed by atoms with Crippen LogP contribution >= 0.6 is 11.3 Å². The van der Waals surface area contributed by atoms with Gasteiger partial charge in [0, 0.05) is 17.8 Å². The summed E-state index contributed by atoms with van der Waals surface area (Å²) >= 11 is 1.53. The Morgan fingerprint density at radius 3 is 3.12 bits per heavy atom. The van der Waals surface area contributed by atoms with E-state index in [1.54, 1.807) is 5.51 Å². The van der Waals surface area contributed by atoms with Crippen molar-refractivity contribution in [3.63, 3.8) is 0 Å². The van der Waals surface area contributed by atoms with Crippen LogP contribution in [0.1, 0.15) is 17.0 Å². The molecule has 1 fully saturated rings. The van der Waals surface area contributed by atoms with Crippen LogP contribution < -0.4 is 10.6 Å². The normalized spacial score (nSPS) is 19.6. The minimum Gasteiger partial charge on any atom is -0.355 e. The molecule has 5 nitrogen and oxygen atoms in total. The van der Waals surface area contributed by atoms with Gasteiger partial charge in [-0.05, 0) is 6.92 Å². The van der Waals surface area contributed by atoms with Gasteiger partial charge in [-0.25, -0.2) is 4.98 Å². The van der Waals surface area contributed by atoms with Gasteiger partial charge in [0.25, 0.3) is 0 Å². The van der Waals surface area contributed by atoms with E-state index in [-0.39, 0.29) is 17.7 Å². The van der Waals surface area contributed by atoms with Gasteiger partial charge in [-0.15, -0.1) is 11.3 Å². The molecule has 1 saturated heterocycles. The highest BCUT2D eigenvalue weighted by Gasteiger charge is 2.27. The SMILES string of the molecule is Cc1ncsc1CNC(=O)C1CNC(=O)C1. The van der Waals surface area contributed by atoms with Gasteiger partial charge in [0.15, 0.2) is 0 Å². The van der Waals surface area contributed by atoms with E-state index in [1.807, 2.05) is 6.92 Å². The summed E-state index contributed by atoms with van der Waals surface area (Å²) in [6.07, 6.45) is 0.299. The average molecular weight is 239 g/mol. The van der Waals surface area contributed by atoms with Crippen molar-refractivity contribution in [3.05, 3.63) is 16.1 Å². The third-order valence-electron chi connectivity index (χ3n) is 2.62. The fourth-order valence-electron chi connectivity index (χ4n) is 1.60. The van der Waals surface area contributed by atoms with E-state index in [4.69, 9.17) is 0 Å². The van der Waals surface area contributed by atoms with E-state index < -0.39 is 0 Å². The molecular weight excluding hydrogens is 226 g/mol. The Hall–Kier alpha value is -1.43. The number of hydrogen-bond acceptors (Lipinski definition) is 4. The molecule has 0 bridgehead atoms. The van der Waals surface area contributed by atoms with Crippen LogP contribution in [0.5, 0.6) is 0 Å². The van der Waals surface area contributed by atoms with Crippen LogP contribution in [0.15, 0.2) is 5.51 Å². The highest BCUT2D eigenvalue weighted by molar-refractivity contribution is 7.09. The second-order valence-electron chi connectivity index (χ2n) is 3.78. The second kappa shape index (κ2) is 4.61. The lowest BCUT2D eigenvalue weighted by Crippen LogP contribution is -2.31. The van der Waals surface area contributed by atoms with E-state index >= 15 is 0 Å². The lowest BCUT2D eigenvalue weighted by molar-refractivity contribution is -0.126. The first-order chi connectivity index (χ1) is 7.66. The quantitative estimate of drug-likeness (QED) is 0.791. The van der Waals surface area contributed by atoms with Gasteiger partial charge in [-0.3, -0.25) is 9.59 Å². The van der Waals surface area contributed by atoms with Crippen molar-refractivity contribution in [2.24, 2.45) is 5.92 Å². The number of nitrogens with zero attached hydrogens (tertiary/aromatic N) is 1. The third kappa shape index (κ3) is 2.38. The van der Waals surface area contributed by atoms with Gasteiger partial charge in [0.1, 0.15) is 0 Å². The fraction of sp³-hybridized carbons (Fsp3) is 0.500. The molecule has 16 heavy (non-hydrogen) atoms. The van der Waals surface area contributed by atoms with E-state index in [0.717, 1.165) is 10.6 Å². The smallest absolute Gasteiger partial charge is 0.225 e. The minimum absolute atomic E-state index is 0.0471. The molecule has 0 saturated carbocycles. The van der Waals surface area contributed by atoms with Crippen LogP contribution in [0.2, 0.25) is 0 Å². The maximum absolute atomic E-state index is 11.7.